The van der Waals surface area contributed by atoms with E-state index in [9.17, 15) is 0 Å². The van der Waals surface area contributed by atoms with Gasteiger partial charge in [0.2, 0.25) is 0 Å². The third-order valence-corrected chi connectivity index (χ3v) is 2.86. The van der Waals surface area contributed by atoms with Crippen LogP contribution in [0, 0.1) is 5.92 Å². The van der Waals surface area contributed by atoms with E-state index in [1.807, 2.05) is 0 Å². The molecule has 0 bridgehead atoms. The number of hydrogen-bond donors (Lipinski definition) is 0. The molecular formula is C9H17NO. The minimum atomic E-state index is 0.270. The van der Waals surface area contributed by atoms with E-state index < -0.39 is 0 Å². The summed E-state index contributed by atoms with van der Waals surface area (Å²) >= 11 is 0. The average molecular weight is 155 g/mol. The lowest BCUT2D eigenvalue weighted by molar-refractivity contribution is -0.170. The molecule has 0 N–H and O–H groups in total. The van der Waals surface area contributed by atoms with Gasteiger partial charge >= 0.3 is 0 Å². The third kappa shape index (κ3) is 1.30. The molecule has 2 aliphatic heterocycles. The zero-order valence-corrected chi connectivity index (χ0v) is 7.47. The predicted molar refractivity (Wildman–Crippen MR) is 44.6 cm³/mol. The summed E-state index contributed by atoms with van der Waals surface area (Å²) < 4.78 is 5.80. The molecule has 0 saturated carbocycles. The Bertz CT molecular complexity index is 146. The second kappa shape index (κ2) is 2.46. The maximum absolute atomic E-state index is 5.80. The molecule has 64 valence electrons. The van der Waals surface area contributed by atoms with Gasteiger partial charge in [0.15, 0.2) is 0 Å². The first kappa shape index (κ1) is 7.56. The van der Waals surface area contributed by atoms with E-state index in [0.29, 0.717) is 0 Å². The molecule has 0 aromatic rings. The van der Waals surface area contributed by atoms with Crippen LogP contribution in [0.4, 0.5) is 0 Å². The van der Waals surface area contributed by atoms with Gasteiger partial charge in [-0.25, -0.2) is 0 Å². The van der Waals surface area contributed by atoms with Crippen molar-refractivity contribution in [1.82, 2.24) is 4.90 Å². The number of rotatable bonds is 0. The molecule has 0 aromatic carbocycles. The van der Waals surface area contributed by atoms with E-state index in [0.717, 1.165) is 25.6 Å². The van der Waals surface area contributed by atoms with Gasteiger partial charge in [-0.05, 0) is 25.8 Å². The third-order valence-electron chi connectivity index (χ3n) is 2.86. The second-order valence-corrected chi connectivity index (χ2v) is 4.30. The van der Waals surface area contributed by atoms with Gasteiger partial charge in [0.25, 0.3) is 0 Å². The zero-order valence-electron chi connectivity index (χ0n) is 7.47. The number of ether oxygens (including phenoxy) is 1. The molecule has 0 amide bonds. The highest BCUT2D eigenvalue weighted by Gasteiger charge is 2.44. The first-order chi connectivity index (χ1) is 5.20. The molecule has 0 radical (unpaired) electrons. The fourth-order valence-electron chi connectivity index (χ4n) is 2.43. The summed E-state index contributed by atoms with van der Waals surface area (Å²) in [5, 5.41) is 0. The standard InChI is InChI=1S/C9H17NO/c1-8-3-4-11-9(5-8)6-10(2)7-9/h8H,3-7H2,1-2H3/t8-/m1/s1. The molecular weight excluding hydrogens is 138 g/mol. The largest absolute Gasteiger partial charge is 0.372 e. The smallest absolute Gasteiger partial charge is 0.0937 e. The predicted octanol–water partition coefficient (Wildman–Crippen LogP) is 1.12. The van der Waals surface area contributed by atoms with Gasteiger partial charge in [-0.2, -0.15) is 0 Å². The van der Waals surface area contributed by atoms with Gasteiger partial charge in [0.1, 0.15) is 0 Å². The second-order valence-electron chi connectivity index (χ2n) is 4.30. The summed E-state index contributed by atoms with van der Waals surface area (Å²) in [6.07, 6.45) is 2.53. The maximum Gasteiger partial charge on any atom is 0.0937 e. The van der Waals surface area contributed by atoms with Crippen LogP contribution in [0.25, 0.3) is 0 Å². The Kier molecular flexibility index (Phi) is 1.69. The molecule has 0 aliphatic carbocycles. The van der Waals surface area contributed by atoms with E-state index in [1.54, 1.807) is 0 Å². The van der Waals surface area contributed by atoms with Gasteiger partial charge in [0, 0.05) is 19.7 Å². The summed E-state index contributed by atoms with van der Waals surface area (Å²) in [5.41, 5.74) is 0.270. The molecule has 2 fully saturated rings. The fourth-order valence-corrected chi connectivity index (χ4v) is 2.43. The molecule has 0 unspecified atom stereocenters. The molecule has 0 aromatic heterocycles. The van der Waals surface area contributed by atoms with Gasteiger partial charge in [-0.3, -0.25) is 0 Å². The van der Waals surface area contributed by atoms with Crippen LogP contribution in [0.3, 0.4) is 0 Å². The minimum Gasteiger partial charge on any atom is -0.372 e. The van der Waals surface area contributed by atoms with E-state index in [1.165, 1.54) is 12.8 Å². The van der Waals surface area contributed by atoms with Gasteiger partial charge in [-0.1, -0.05) is 6.92 Å². The molecule has 1 spiro atoms. The van der Waals surface area contributed by atoms with Gasteiger partial charge in [0.05, 0.1) is 5.60 Å². The Morgan fingerprint density at radius 2 is 2.18 bits per heavy atom. The van der Waals surface area contributed by atoms with Crippen LogP contribution in [0.2, 0.25) is 0 Å². The number of nitrogens with zero attached hydrogens (tertiary/aromatic N) is 1. The number of likely N-dealkylation sites (N-methyl/N-ethyl adjacent to an activating group) is 1. The van der Waals surface area contributed by atoms with Crippen molar-refractivity contribution in [3.8, 4) is 0 Å². The molecule has 2 nitrogen and oxygen atoms in total. The lowest BCUT2D eigenvalue weighted by Crippen LogP contribution is -2.63. The lowest BCUT2D eigenvalue weighted by atomic mass is 9.82. The van der Waals surface area contributed by atoms with E-state index in [4.69, 9.17) is 4.74 Å². The summed E-state index contributed by atoms with van der Waals surface area (Å²) in [7, 11) is 2.16. The van der Waals surface area contributed by atoms with Crippen LogP contribution in [-0.4, -0.2) is 37.2 Å². The van der Waals surface area contributed by atoms with Crippen molar-refractivity contribution in [2.45, 2.75) is 25.4 Å². The highest BCUT2D eigenvalue weighted by molar-refractivity contribution is 4.98. The van der Waals surface area contributed by atoms with E-state index >= 15 is 0 Å². The fraction of sp³-hybridized carbons (Fsp3) is 1.00. The Hall–Kier alpha value is -0.0800. The molecule has 11 heavy (non-hydrogen) atoms. The van der Waals surface area contributed by atoms with Crippen molar-refractivity contribution in [2.75, 3.05) is 26.7 Å². The molecule has 2 heteroatoms. The maximum atomic E-state index is 5.80. The number of likely N-dealkylation sites (tertiary alicyclic amines) is 1. The van der Waals surface area contributed by atoms with Crippen LogP contribution in [0.1, 0.15) is 19.8 Å². The van der Waals surface area contributed by atoms with Crippen molar-refractivity contribution in [1.29, 1.82) is 0 Å². The van der Waals surface area contributed by atoms with Gasteiger partial charge in [-0.15, -0.1) is 0 Å². The minimum absolute atomic E-state index is 0.270. The molecule has 2 rings (SSSR count). The molecule has 2 heterocycles. The summed E-state index contributed by atoms with van der Waals surface area (Å²) in [4.78, 5) is 2.33. The van der Waals surface area contributed by atoms with Gasteiger partial charge < -0.3 is 9.64 Å². The van der Waals surface area contributed by atoms with Crippen molar-refractivity contribution in [3.05, 3.63) is 0 Å². The van der Waals surface area contributed by atoms with Crippen molar-refractivity contribution in [2.24, 2.45) is 5.92 Å². The Labute approximate surface area is 68.5 Å². The quantitative estimate of drug-likeness (QED) is 0.519. The Balaban J connectivity index is 1.93. The SMILES string of the molecule is C[C@@H]1CCOC2(C1)CN(C)C2. The number of hydrogen-bond acceptors (Lipinski definition) is 2. The zero-order chi connectivity index (χ0) is 7.90. The monoisotopic (exact) mass is 155 g/mol. The van der Waals surface area contributed by atoms with Crippen LogP contribution in [0.15, 0.2) is 0 Å². The Morgan fingerprint density at radius 3 is 2.73 bits per heavy atom. The average Bonchev–Trinajstić information content (AvgIpc) is 1.84. The molecule has 1 atom stereocenters. The van der Waals surface area contributed by atoms with E-state index in [-0.39, 0.29) is 5.60 Å². The lowest BCUT2D eigenvalue weighted by Gasteiger charge is -2.51. The van der Waals surface area contributed by atoms with Crippen LogP contribution < -0.4 is 0 Å². The van der Waals surface area contributed by atoms with Crippen LogP contribution in [-0.2, 0) is 4.74 Å². The van der Waals surface area contributed by atoms with Crippen LogP contribution in [0.5, 0.6) is 0 Å². The molecule has 2 saturated heterocycles. The highest BCUT2D eigenvalue weighted by atomic mass is 16.5. The van der Waals surface area contributed by atoms with Crippen molar-refractivity contribution in [3.63, 3.8) is 0 Å². The summed E-state index contributed by atoms with van der Waals surface area (Å²) in [5.74, 6) is 0.873. The molecule has 2 aliphatic rings. The summed E-state index contributed by atoms with van der Waals surface area (Å²) in [6, 6.07) is 0. The van der Waals surface area contributed by atoms with Crippen LogP contribution >= 0.6 is 0 Å². The topological polar surface area (TPSA) is 12.5 Å². The van der Waals surface area contributed by atoms with Crippen molar-refractivity contribution < 1.29 is 4.74 Å². The summed E-state index contributed by atoms with van der Waals surface area (Å²) in [6.45, 7) is 5.62. The van der Waals surface area contributed by atoms with E-state index in [2.05, 4.69) is 18.9 Å². The first-order valence-corrected chi connectivity index (χ1v) is 4.53. The normalized spacial score (nSPS) is 37.1. The Morgan fingerprint density at radius 1 is 1.45 bits per heavy atom. The van der Waals surface area contributed by atoms with Crippen molar-refractivity contribution >= 4 is 0 Å². The first-order valence-electron chi connectivity index (χ1n) is 4.53. The highest BCUT2D eigenvalue weighted by Crippen LogP contribution is 2.35.